The molecule has 0 unspecified atom stereocenters. The average molecular weight is 356 g/mol. The summed E-state index contributed by atoms with van der Waals surface area (Å²) >= 11 is 0. The van der Waals surface area contributed by atoms with Crippen LogP contribution >= 0.6 is 0 Å². The third-order valence-corrected chi connectivity index (χ3v) is 5.46. The van der Waals surface area contributed by atoms with Crippen molar-refractivity contribution in [2.45, 2.75) is 31.3 Å². The number of methoxy groups -OCH3 is 1. The minimum Gasteiger partial charge on any atom is -0.497 e. The van der Waals surface area contributed by atoms with Crippen molar-refractivity contribution >= 4 is 16.1 Å². The molecule has 1 fully saturated rings. The van der Waals surface area contributed by atoms with E-state index in [0.717, 1.165) is 0 Å². The van der Waals surface area contributed by atoms with E-state index < -0.39 is 21.7 Å². The van der Waals surface area contributed by atoms with Gasteiger partial charge in [0.25, 0.3) is 0 Å². The number of ether oxygens (including phenoxy) is 2. The summed E-state index contributed by atoms with van der Waals surface area (Å²) in [5, 5.41) is 0. The maximum absolute atomic E-state index is 12.7. The second-order valence-electron chi connectivity index (χ2n) is 6.55. The number of piperazine rings is 1. The standard InChI is InChI=1S/C16H24N2O5S/c1-16(2,3)23-15(19)17-8-10-18(11-9-17)24(20,21)14-7-5-6-13(12-14)22-4/h5-7,12H,8-11H2,1-4H3. The van der Waals surface area contributed by atoms with Crippen LogP contribution in [0.4, 0.5) is 4.79 Å². The SMILES string of the molecule is COc1cccc(S(=O)(=O)N2CCN(C(=O)OC(C)(C)C)CC2)c1. The van der Waals surface area contributed by atoms with Gasteiger partial charge in [-0.3, -0.25) is 0 Å². The maximum atomic E-state index is 12.7. The molecule has 1 heterocycles. The third-order valence-electron chi connectivity index (χ3n) is 3.57. The molecule has 1 aromatic rings. The van der Waals surface area contributed by atoms with Crippen LogP contribution in [0.25, 0.3) is 0 Å². The fourth-order valence-electron chi connectivity index (χ4n) is 2.35. The molecular weight excluding hydrogens is 332 g/mol. The first kappa shape index (κ1) is 18.5. The minimum absolute atomic E-state index is 0.188. The molecule has 0 aliphatic carbocycles. The van der Waals surface area contributed by atoms with Crippen molar-refractivity contribution in [3.63, 3.8) is 0 Å². The zero-order valence-corrected chi connectivity index (χ0v) is 15.3. The van der Waals surface area contributed by atoms with Crippen LogP contribution in [-0.4, -0.2) is 62.6 Å². The summed E-state index contributed by atoms with van der Waals surface area (Å²) in [6.45, 7) is 6.48. The fraction of sp³-hybridized carbons (Fsp3) is 0.562. The van der Waals surface area contributed by atoms with Gasteiger partial charge in [0, 0.05) is 32.2 Å². The Morgan fingerprint density at radius 1 is 1.12 bits per heavy atom. The summed E-state index contributed by atoms with van der Waals surface area (Å²) in [6, 6.07) is 6.37. The number of carbonyl (C=O) groups excluding carboxylic acids is 1. The summed E-state index contributed by atoms with van der Waals surface area (Å²) in [5.41, 5.74) is -0.569. The van der Waals surface area contributed by atoms with Gasteiger partial charge in [-0.1, -0.05) is 6.07 Å². The van der Waals surface area contributed by atoms with Gasteiger partial charge in [-0.2, -0.15) is 4.31 Å². The van der Waals surface area contributed by atoms with E-state index in [2.05, 4.69) is 0 Å². The highest BCUT2D eigenvalue weighted by atomic mass is 32.2. The van der Waals surface area contributed by atoms with Gasteiger partial charge in [-0.05, 0) is 32.9 Å². The van der Waals surface area contributed by atoms with Crippen LogP contribution in [-0.2, 0) is 14.8 Å². The Morgan fingerprint density at radius 2 is 1.75 bits per heavy atom. The monoisotopic (exact) mass is 356 g/mol. The lowest BCUT2D eigenvalue weighted by Gasteiger charge is -2.35. The Kier molecular flexibility index (Phi) is 5.39. The number of rotatable bonds is 3. The molecule has 0 radical (unpaired) electrons. The molecule has 0 saturated carbocycles. The van der Waals surface area contributed by atoms with E-state index in [-0.39, 0.29) is 18.0 Å². The van der Waals surface area contributed by atoms with Crippen molar-refractivity contribution in [3.8, 4) is 5.75 Å². The summed E-state index contributed by atoms with van der Waals surface area (Å²) in [6.07, 6.45) is -0.416. The Bertz CT molecular complexity index is 689. The molecule has 24 heavy (non-hydrogen) atoms. The third kappa shape index (κ3) is 4.39. The fourth-order valence-corrected chi connectivity index (χ4v) is 3.81. The molecule has 1 saturated heterocycles. The second kappa shape index (κ2) is 6.98. The van der Waals surface area contributed by atoms with Crippen LogP contribution in [0.5, 0.6) is 5.75 Å². The molecule has 1 aliphatic rings. The lowest BCUT2D eigenvalue weighted by atomic mass is 10.2. The molecule has 0 N–H and O–H groups in total. The van der Waals surface area contributed by atoms with Crippen LogP contribution in [0, 0.1) is 0 Å². The van der Waals surface area contributed by atoms with Gasteiger partial charge < -0.3 is 14.4 Å². The minimum atomic E-state index is -3.60. The van der Waals surface area contributed by atoms with Crippen molar-refractivity contribution in [2.24, 2.45) is 0 Å². The lowest BCUT2D eigenvalue weighted by molar-refractivity contribution is 0.0192. The molecule has 0 bridgehead atoms. The highest BCUT2D eigenvalue weighted by Gasteiger charge is 2.32. The van der Waals surface area contributed by atoms with Gasteiger partial charge in [0.1, 0.15) is 11.4 Å². The highest BCUT2D eigenvalue weighted by Crippen LogP contribution is 2.22. The molecule has 0 spiro atoms. The molecule has 7 nitrogen and oxygen atoms in total. The van der Waals surface area contributed by atoms with Crippen molar-refractivity contribution in [1.29, 1.82) is 0 Å². The Morgan fingerprint density at radius 3 is 2.29 bits per heavy atom. The average Bonchev–Trinajstić information content (AvgIpc) is 2.53. The van der Waals surface area contributed by atoms with Gasteiger partial charge >= 0.3 is 6.09 Å². The van der Waals surface area contributed by atoms with E-state index in [1.54, 1.807) is 32.9 Å². The Hall–Kier alpha value is -1.80. The van der Waals surface area contributed by atoms with Crippen LogP contribution in [0.15, 0.2) is 29.2 Å². The largest absolute Gasteiger partial charge is 0.497 e. The number of hydrogen-bond acceptors (Lipinski definition) is 5. The number of hydrogen-bond donors (Lipinski definition) is 0. The maximum Gasteiger partial charge on any atom is 0.410 e. The molecule has 1 amide bonds. The van der Waals surface area contributed by atoms with Gasteiger partial charge in [0.15, 0.2) is 0 Å². The van der Waals surface area contributed by atoms with Gasteiger partial charge in [-0.15, -0.1) is 0 Å². The first-order chi connectivity index (χ1) is 11.1. The highest BCUT2D eigenvalue weighted by molar-refractivity contribution is 7.89. The van der Waals surface area contributed by atoms with Crippen molar-refractivity contribution < 1.29 is 22.7 Å². The predicted octanol–water partition coefficient (Wildman–Crippen LogP) is 1.94. The molecule has 1 aromatic carbocycles. The van der Waals surface area contributed by atoms with E-state index >= 15 is 0 Å². The molecule has 0 atom stereocenters. The smallest absolute Gasteiger partial charge is 0.410 e. The van der Waals surface area contributed by atoms with E-state index in [1.807, 2.05) is 0 Å². The van der Waals surface area contributed by atoms with Gasteiger partial charge in [0.05, 0.1) is 12.0 Å². The number of amides is 1. The molecule has 0 aromatic heterocycles. The summed E-state index contributed by atoms with van der Waals surface area (Å²) in [7, 11) is -2.11. The van der Waals surface area contributed by atoms with E-state index in [1.165, 1.54) is 28.4 Å². The van der Waals surface area contributed by atoms with E-state index in [9.17, 15) is 13.2 Å². The zero-order valence-electron chi connectivity index (χ0n) is 14.5. The number of benzene rings is 1. The topological polar surface area (TPSA) is 76.2 Å². The van der Waals surface area contributed by atoms with Gasteiger partial charge in [0.2, 0.25) is 10.0 Å². The zero-order chi connectivity index (χ0) is 18.0. The van der Waals surface area contributed by atoms with Crippen LogP contribution < -0.4 is 4.74 Å². The first-order valence-electron chi connectivity index (χ1n) is 7.75. The Balaban J connectivity index is 2.04. The molecule has 8 heteroatoms. The van der Waals surface area contributed by atoms with Crippen LogP contribution in [0.3, 0.4) is 0 Å². The molecule has 1 aliphatic heterocycles. The quantitative estimate of drug-likeness (QED) is 0.827. The summed E-state index contributed by atoms with van der Waals surface area (Å²) < 4.78 is 37.2. The van der Waals surface area contributed by atoms with Crippen molar-refractivity contribution in [2.75, 3.05) is 33.3 Å². The number of sulfonamides is 1. The van der Waals surface area contributed by atoms with Crippen molar-refractivity contribution in [1.82, 2.24) is 9.21 Å². The molecule has 2 rings (SSSR count). The Labute approximate surface area is 143 Å². The summed E-state index contributed by atoms with van der Waals surface area (Å²) in [5.74, 6) is 0.489. The number of carbonyl (C=O) groups is 1. The molecule has 134 valence electrons. The summed E-state index contributed by atoms with van der Waals surface area (Å²) in [4.78, 5) is 13.8. The predicted molar refractivity (Wildman–Crippen MR) is 89.6 cm³/mol. The van der Waals surface area contributed by atoms with Gasteiger partial charge in [-0.25, -0.2) is 13.2 Å². The van der Waals surface area contributed by atoms with E-state index in [0.29, 0.717) is 18.8 Å². The second-order valence-corrected chi connectivity index (χ2v) is 8.49. The normalized spacial score (nSPS) is 16.8. The first-order valence-corrected chi connectivity index (χ1v) is 9.19. The lowest BCUT2D eigenvalue weighted by Crippen LogP contribution is -2.51. The number of nitrogens with zero attached hydrogens (tertiary/aromatic N) is 2. The van der Waals surface area contributed by atoms with E-state index in [4.69, 9.17) is 9.47 Å². The van der Waals surface area contributed by atoms with Crippen molar-refractivity contribution in [3.05, 3.63) is 24.3 Å². The van der Waals surface area contributed by atoms with Crippen LogP contribution in [0.2, 0.25) is 0 Å². The van der Waals surface area contributed by atoms with Crippen LogP contribution in [0.1, 0.15) is 20.8 Å². The molecular formula is C16H24N2O5S.